The SMILES string of the molecule is C=C/C=C(\C=C)NCCN. The first-order chi connectivity index (χ1) is 4.85. The average Bonchev–Trinajstić information content (AvgIpc) is 1.98. The predicted octanol–water partition coefficient (Wildman–Crippen LogP) is 0.791. The second-order valence-corrected chi connectivity index (χ2v) is 1.78. The van der Waals surface area contributed by atoms with Gasteiger partial charge in [-0.05, 0) is 12.2 Å². The summed E-state index contributed by atoms with van der Waals surface area (Å²) in [4.78, 5) is 0. The molecule has 0 aliphatic rings. The molecule has 0 heterocycles. The van der Waals surface area contributed by atoms with Gasteiger partial charge in [-0.15, -0.1) is 0 Å². The number of hydrogen-bond acceptors (Lipinski definition) is 2. The zero-order valence-electron chi connectivity index (χ0n) is 6.14. The summed E-state index contributed by atoms with van der Waals surface area (Å²) >= 11 is 0. The van der Waals surface area contributed by atoms with Gasteiger partial charge in [-0.25, -0.2) is 0 Å². The van der Waals surface area contributed by atoms with Gasteiger partial charge in [0, 0.05) is 18.8 Å². The van der Waals surface area contributed by atoms with Gasteiger partial charge in [0.25, 0.3) is 0 Å². The minimum Gasteiger partial charge on any atom is -0.384 e. The van der Waals surface area contributed by atoms with Crippen LogP contribution >= 0.6 is 0 Å². The molecule has 56 valence electrons. The summed E-state index contributed by atoms with van der Waals surface area (Å²) in [6.45, 7) is 8.57. The molecule has 0 aromatic carbocycles. The fourth-order valence-electron chi connectivity index (χ4n) is 0.543. The van der Waals surface area contributed by atoms with E-state index in [-0.39, 0.29) is 0 Å². The fourth-order valence-corrected chi connectivity index (χ4v) is 0.543. The highest BCUT2D eigenvalue weighted by atomic mass is 14.9. The standard InChI is InChI=1S/C8H14N2/c1-3-5-8(4-2)10-7-6-9/h3-5,10H,1-2,6-7,9H2/b8-5+. The highest BCUT2D eigenvalue weighted by Gasteiger charge is 1.84. The van der Waals surface area contributed by atoms with Crippen molar-refractivity contribution in [3.05, 3.63) is 37.1 Å². The first-order valence-electron chi connectivity index (χ1n) is 3.24. The lowest BCUT2D eigenvalue weighted by Crippen LogP contribution is -2.20. The van der Waals surface area contributed by atoms with E-state index >= 15 is 0 Å². The zero-order valence-corrected chi connectivity index (χ0v) is 6.14. The van der Waals surface area contributed by atoms with Gasteiger partial charge in [-0.3, -0.25) is 0 Å². The number of nitrogens with two attached hydrogens (primary N) is 1. The van der Waals surface area contributed by atoms with Crippen molar-refractivity contribution in [2.75, 3.05) is 13.1 Å². The summed E-state index contributed by atoms with van der Waals surface area (Å²) in [6.07, 6.45) is 5.29. The van der Waals surface area contributed by atoms with E-state index in [0.29, 0.717) is 6.54 Å². The quantitative estimate of drug-likeness (QED) is 0.551. The van der Waals surface area contributed by atoms with Crippen LogP contribution in [0.2, 0.25) is 0 Å². The molecule has 0 aliphatic heterocycles. The minimum absolute atomic E-state index is 0.627. The molecule has 0 aliphatic carbocycles. The van der Waals surface area contributed by atoms with Gasteiger partial charge < -0.3 is 11.1 Å². The molecule has 0 amide bonds. The Bertz CT molecular complexity index is 136. The van der Waals surface area contributed by atoms with Crippen LogP contribution in [-0.2, 0) is 0 Å². The van der Waals surface area contributed by atoms with Crippen LogP contribution in [0, 0.1) is 0 Å². The number of allylic oxidation sites excluding steroid dienone is 3. The van der Waals surface area contributed by atoms with E-state index in [2.05, 4.69) is 18.5 Å². The van der Waals surface area contributed by atoms with Gasteiger partial charge in [0.15, 0.2) is 0 Å². The molecule has 2 heteroatoms. The van der Waals surface area contributed by atoms with Crippen LogP contribution in [0.4, 0.5) is 0 Å². The Morgan fingerprint density at radius 1 is 1.50 bits per heavy atom. The Labute approximate surface area is 62.1 Å². The molecule has 0 bridgehead atoms. The highest BCUT2D eigenvalue weighted by Crippen LogP contribution is 1.88. The maximum absolute atomic E-state index is 5.28. The Hall–Kier alpha value is -1.02. The van der Waals surface area contributed by atoms with Crippen molar-refractivity contribution in [1.29, 1.82) is 0 Å². The maximum atomic E-state index is 5.28. The normalized spacial score (nSPS) is 10.7. The first kappa shape index (κ1) is 8.98. The zero-order chi connectivity index (χ0) is 7.82. The lowest BCUT2D eigenvalue weighted by atomic mass is 10.4. The number of hydrogen-bond donors (Lipinski definition) is 2. The third-order valence-electron chi connectivity index (χ3n) is 0.991. The number of nitrogens with one attached hydrogen (secondary N) is 1. The molecule has 0 saturated carbocycles. The minimum atomic E-state index is 0.627. The van der Waals surface area contributed by atoms with Crippen LogP contribution in [0.1, 0.15) is 0 Å². The molecular weight excluding hydrogens is 124 g/mol. The van der Waals surface area contributed by atoms with Crippen molar-refractivity contribution >= 4 is 0 Å². The number of rotatable bonds is 5. The molecule has 0 spiro atoms. The molecule has 0 unspecified atom stereocenters. The van der Waals surface area contributed by atoms with Crippen molar-refractivity contribution in [1.82, 2.24) is 5.32 Å². The van der Waals surface area contributed by atoms with Gasteiger partial charge in [-0.1, -0.05) is 19.2 Å². The lowest BCUT2D eigenvalue weighted by Gasteiger charge is -2.02. The largest absolute Gasteiger partial charge is 0.384 e. The summed E-state index contributed by atoms with van der Waals surface area (Å²) in [5.74, 6) is 0. The molecule has 0 rings (SSSR count). The molecular formula is C8H14N2. The monoisotopic (exact) mass is 138 g/mol. The van der Waals surface area contributed by atoms with E-state index in [9.17, 15) is 0 Å². The van der Waals surface area contributed by atoms with Gasteiger partial charge in [0.2, 0.25) is 0 Å². The Morgan fingerprint density at radius 3 is 2.60 bits per heavy atom. The predicted molar refractivity (Wildman–Crippen MR) is 45.5 cm³/mol. The highest BCUT2D eigenvalue weighted by molar-refractivity contribution is 5.18. The second-order valence-electron chi connectivity index (χ2n) is 1.78. The van der Waals surface area contributed by atoms with E-state index in [1.54, 1.807) is 12.2 Å². The second kappa shape index (κ2) is 6.11. The Balaban J connectivity index is 3.70. The molecule has 0 aromatic heterocycles. The van der Waals surface area contributed by atoms with E-state index in [1.165, 1.54) is 0 Å². The molecule has 10 heavy (non-hydrogen) atoms. The van der Waals surface area contributed by atoms with Gasteiger partial charge in [0.05, 0.1) is 0 Å². The molecule has 0 aromatic rings. The molecule has 0 saturated heterocycles. The third-order valence-corrected chi connectivity index (χ3v) is 0.991. The maximum Gasteiger partial charge on any atom is 0.0334 e. The van der Waals surface area contributed by atoms with Crippen LogP contribution in [0.25, 0.3) is 0 Å². The summed E-state index contributed by atoms with van der Waals surface area (Å²) in [5, 5.41) is 3.07. The summed E-state index contributed by atoms with van der Waals surface area (Å²) in [7, 11) is 0. The van der Waals surface area contributed by atoms with Gasteiger partial charge in [0.1, 0.15) is 0 Å². The summed E-state index contributed by atoms with van der Waals surface area (Å²) < 4.78 is 0. The van der Waals surface area contributed by atoms with Crippen molar-refractivity contribution in [2.24, 2.45) is 5.73 Å². The summed E-state index contributed by atoms with van der Waals surface area (Å²) in [6, 6.07) is 0. The summed E-state index contributed by atoms with van der Waals surface area (Å²) in [5.41, 5.74) is 6.24. The molecule has 3 N–H and O–H groups in total. The Kier molecular flexibility index (Phi) is 5.48. The van der Waals surface area contributed by atoms with Crippen molar-refractivity contribution in [2.45, 2.75) is 0 Å². The van der Waals surface area contributed by atoms with Crippen molar-refractivity contribution in [3.63, 3.8) is 0 Å². The molecule has 2 nitrogen and oxygen atoms in total. The first-order valence-corrected chi connectivity index (χ1v) is 3.24. The van der Waals surface area contributed by atoms with Gasteiger partial charge in [-0.2, -0.15) is 0 Å². The molecule has 0 fully saturated rings. The smallest absolute Gasteiger partial charge is 0.0334 e. The van der Waals surface area contributed by atoms with E-state index in [0.717, 1.165) is 12.2 Å². The van der Waals surface area contributed by atoms with Gasteiger partial charge >= 0.3 is 0 Å². The lowest BCUT2D eigenvalue weighted by molar-refractivity contribution is 0.815. The Morgan fingerprint density at radius 2 is 2.20 bits per heavy atom. The van der Waals surface area contributed by atoms with E-state index < -0.39 is 0 Å². The average molecular weight is 138 g/mol. The van der Waals surface area contributed by atoms with Crippen LogP contribution in [0.15, 0.2) is 37.1 Å². The molecule has 0 radical (unpaired) electrons. The van der Waals surface area contributed by atoms with Crippen molar-refractivity contribution in [3.8, 4) is 0 Å². The molecule has 0 atom stereocenters. The van der Waals surface area contributed by atoms with Crippen LogP contribution in [0.5, 0.6) is 0 Å². The van der Waals surface area contributed by atoms with Crippen LogP contribution in [-0.4, -0.2) is 13.1 Å². The van der Waals surface area contributed by atoms with E-state index in [4.69, 9.17) is 5.73 Å². The van der Waals surface area contributed by atoms with Crippen molar-refractivity contribution < 1.29 is 0 Å². The van der Waals surface area contributed by atoms with E-state index in [1.807, 2.05) is 6.08 Å². The third kappa shape index (κ3) is 3.92. The van der Waals surface area contributed by atoms with Crippen LogP contribution in [0.3, 0.4) is 0 Å². The fraction of sp³-hybridized carbons (Fsp3) is 0.250. The topological polar surface area (TPSA) is 38.0 Å². The van der Waals surface area contributed by atoms with Crippen LogP contribution < -0.4 is 11.1 Å².